The maximum absolute atomic E-state index is 12.3. The molecule has 0 amide bonds. The van der Waals surface area contributed by atoms with Gasteiger partial charge in [-0.1, -0.05) is 140 Å². The van der Waals surface area contributed by atoms with E-state index in [4.69, 9.17) is 0 Å². The molecule has 3 heteroatoms. The molecule has 0 fully saturated rings. The molecule has 45 heavy (non-hydrogen) atoms. The Kier molecular flexibility index (Phi) is 8.32. The van der Waals surface area contributed by atoms with E-state index < -0.39 is 7.92 Å². The lowest BCUT2D eigenvalue weighted by atomic mass is 9.89. The molecule has 0 aromatic heterocycles. The quantitative estimate of drug-likeness (QED) is 0.128. The van der Waals surface area contributed by atoms with Crippen molar-refractivity contribution < 1.29 is 10.2 Å². The average Bonchev–Trinajstić information content (AvgIpc) is 3.09. The molecule has 0 unspecified atom stereocenters. The fourth-order valence-electron chi connectivity index (χ4n) is 6.48. The van der Waals surface area contributed by atoms with Gasteiger partial charge in [0.25, 0.3) is 0 Å². The highest BCUT2D eigenvalue weighted by molar-refractivity contribution is 7.80. The van der Waals surface area contributed by atoms with Crippen LogP contribution < -0.4 is 15.9 Å². The number of hydrogen-bond acceptors (Lipinski definition) is 2. The molecule has 0 bridgehead atoms. The Balaban J connectivity index is 1.41. The number of phenolic OH excluding ortho intramolecular Hbond substituents is 2. The van der Waals surface area contributed by atoms with Crippen molar-refractivity contribution >= 4 is 45.4 Å². The highest BCUT2D eigenvalue weighted by Gasteiger charge is 2.25. The van der Waals surface area contributed by atoms with E-state index >= 15 is 0 Å². The summed E-state index contributed by atoms with van der Waals surface area (Å²) in [6.45, 7) is 0. The Morgan fingerprint density at radius 1 is 0.444 bits per heavy atom. The first-order valence-electron chi connectivity index (χ1n) is 15.6. The number of hydrogen-bond donors (Lipinski definition) is 2. The maximum Gasteiger partial charge on any atom is 0.127 e. The second kappa shape index (κ2) is 13.0. The summed E-state index contributed by atoms with van der Waals surface area (Å²) in [7, 11) is -0.918. The number of benzene rings is 7. The zero-order valence-electron chi connectivity index (χ0n) is 25.1. The van der Waals surface area contributed by atoms with Crippen LogP contribution in [0.1, 0.15) is 24.0 Å². The van der Waals surface area contributed by atoms with Gasteiger partial charge in [0.2, 0.25) is 0 Å². The van der Waals surface area contributed by atoms with Crippen LogP contribution in [0.15, 0.2) is 152 Å². The van der Waals surface area contributed by atoms with E-state index in [-0.39, 0.29) is 0 Å². The van der Waals surface area contributed by atoms with E-state index in [1.807, 2.05) is 18.2 Å². The third-order valence-corrected chi connectivity index (χ3v) is 11.1. The van der Waals surface area contributed by atoms with Crippen LogP contribution in [0.4, 0.5) is 0 Å². The van der Waals surface area contributed by atoms with E-state index in [9.17, 15) is 10.2 Å². The highest BCUT2D eigenvalue weighted by atomic mass is 31.1. The Bertz CT molecular complexity index is 2050. The van der Waals surface area contributed by atoms with Crippen LogP contribution in [0, 0.1) is 0 Å². The smallest absolute Gasteiger partial charge is 0.127 e. The summed E-state index contributed by atoms with van der Waals surface area (Å²) >= 11 is 0. The summed E-state index contributed by atoms with van der Waals surface area (Å²) in [6, 6.07) is 52.8. The Hall–Kier alpha value is -4.91. The lowest BCUT2D eigenvalue weighted by Gasteiger charge is -2.25. The number of aromatic hydroxyl groups is 2. The first-order chi connectivity index (χ1) is 22.2. The minimum Gasteiger partial charge on any atom is -0.508 e. The summed E-state index contributed by atoms with van der Waals surface area (Å²) in [5.41, 5.74) is 3.95. The monoisotopic (exact) mass is 602 g/mol. The Morgan fingerprint density at radius 3 is 1.64 bits per heavy atom. The lowest BCUT2D eigenvalue weighted by molar-refractivity contribution is 0.464. The van der Waals surface area contributed by atoms with Crippen LogP contribution in [0.5, 0.6) is 11.5 Å². The molecule has 220 valence electrons. The van der Waals surface area contributed by atoms with Gasteiger partial charge in [-0.25, -0.2) is 0 Å². The molecule has 2 N–H and O–H groups in total. The molecule has 0 aliphatic rings. The lowest BCUT2D eigenvalue weighted by Crippen LogP contribution is -2.22. The highest BCUT2D eigenvalue weighted by Crippen LogP contribution is 2.46. The Labute approximate surface area is 266 Å². The SMILES string of the molecule is Oc1ccccc1CCCCc1cc2ccccc2c(-c2c(P(c3ccccc3)c3ccccc3)ccc3ccccc23)c1O. The molecule has 7 rings (SSSR count). The first kappa shape index (κ1) is 28.8. The molecule has 0 radical (unpaired) electrons. The summed E-state index contributed by atoms with van der Waals surface area (Å²) in [4.78, 5) is 0. The van der Waals surface area contributed by atoms with Crippen molar-refractivity contribution in [2.45, 2.75) is 25.7 Å². The number of fused-ring (bicyclic) bond motifs is 2. The van der Waals surface area contributed by atoms with Crippen LogP contribution in [0.2, 0.25) is 0 Å². The van der Waals surface area contributed by atoms with Crippen LogP contribution in [-0.2, 0) is 12.8 Å². The third kappa shape index (κ3) is 5.82. The van der Waals surface area contributed by atoms with E-state index in [1.165, 1.54) is 15.9 Å². The molecule has 7 aromatic rings. The molecule has 0 aliphatic heterocycles. The van der Waals surface area contributed by atoms with Crippen LogP contribution in [-0.4, -0.2) is 10.2 Å². The minimum absolute atomic E-state index is 0.352. The summed E-state index contributed by atoms with van der Waals surface area (Å²) < 4.78 is 0. The molecule has 0 aliphatic carbocycles. The molecule has 0 heterocycles. The van der Waals surface area contributed by atoms with Gasteiger partial charge in [-0.15, -0.1) is 0 Å². The molecular formula is C42H35O2P. The van der Waals surface area contributed by atoms with E-state index in [0.717, 1.165) is 69.5 Å². The number of unbranched alkanes of at least 4 members (excludes halogenated alkanes) is 1. The van der Waals surface area contributed by atoms with Gasteiger partial charge in [-0.05, 0) is 94.3 Å². The number of phenols is 2. The summed E-state index contributed by atoms with van der Waals surface area (Å²) in [5.74, 6) is 0.718. The van der Waals surface area contributed by atoms with Crippen molar-refractivity contribution in [2.24, 2.45) is 0 Å². The van der Waals surface area contributed by atoms with Gasteiger partial charge in [0.15, 0.2) is 0 Å². The van der Waals surface area contributed by atoms with Gasteiger partial charge < -0.3 is 10.2 Å². The van der Waals surface area contributed by atoms with Crippen molar-refractivity contribution in [3.63, 3.8) is 0 Å². The molecule has 7 aromatic carbocycles. The molecule has 0 saturated carbocycles. The second-order valence-corrected chi connectivity index (χ2v) is 13.7. The molecule has 0 saturated heterocycles. The van der Waals surface area contributed by atoms with Gasteiger partial charge in [0.05, 0.1) is 0 Å². The van der Waals surface area contributed by atoms with Crippen molar-refractivity contribution in [1.29, 1.82) is 0 Å². The van der Waals surface area contributed by atoms with Gasteiger partial charge in [-0.2, -0.15) is 0 Å². The number of aryl methyl sites for hydroxylation is 2. The van der Waals surface area contributed by atoms with E-state index in [0.29, 0.717) is 11.5 Å². The normalized spacial score (nSPS) is 11.4. The van der Waals surface area contributed by atoms with E-state index in [1.54, 1.807) is 6.07 Å². The average molecular weight is 603 g/mol. The number of rotatable bonds is 9. The summed E-state index contributed by atoms with van der Waals surface area (Å²) in [6.07, 6.45) is 3.39. The van der Waals surface area contributed by atoms with Gasteiger partial charge in [0, 0.05) is 11.1 Å². The topological polar surface area (TPSA) is 40.5 Å². The largest absolute Gasteiger partial charge is 0.508 e. The number of para-hydroxylation sites is 1. The standard InChI is InChI=1S/C42H35O2P/c43-38-26-14-11-17-31(38)16-7-8-19-33-29-32-18-10-13-25-37(32)41(42(33)44)40-36-24-12-9-15-30(36)27-28-39(40)45(34-20-3-1-4-21-34)35-22-5-2-6-23-35/h1-6,9-15,17-18,20-29,43-44H,7-8,16,19H2. The van der Waals surface area contributed by atoms with Crippen LogP contribution >= 0.6 is 7.92 Å². The van der Waals surface area contributed by atoms with Gasteiger partial charge >= 0.3 is 0 Å². The van der Waals surface area contributed by atoms with E-state index in [2.05, 4.69) is 127 Å². The predicted octanol–water partition coefficient (Wildman–Crippen LogP) is 9.39. The zero-order valence-corrected chi connectivity index (χ0v) is 26.0. The fourth-order valence-corrected chi connectivity index (χ4v) is 8.96. The second-order valence-electron chi connectivity index (χ2n) is 11.5. The summed E-state index contributed by atoms with van der Waals surface area (Å²) in [5, 5.41) is 30.8. The molecular weight excluding hydrogens is 567 g/mol. The van der Waals surface area contributed by atoms with Gasteiger partial charge in [0.1, 0.15) is 11.5 Å². The van der Waals surface area contributed by atoms with Crippen molar-refractivity contribution in [3.05, 3.63) is 163 Å². The third-order valence-electron chi connectivity index (χ3n) is 8.66. The fraction of sp³-hybridized carbons (Fsp3) is 0.0952. The van der Waals surface area contributed by atoms with Crippen molar-refractivity contribution in [3.8, 4) is 22.6 Å². The minimum atomic E-state index is -0.918. The van der Waals surface area contributed by atoms with Crippen molar-refractivity contribution in [1.82, 2.24) is 0 Å². The van der Waals surface area contributed by atoms with Gasteiger partial charge in [-0.3, -0.25) is 0 Å². The zero-order chi connectivity index (χ0) is 30.6. The van der Waals surface area contributed by atoms with Crippen molar-refractivity contribution in [2.75, 3.05) is 0 Å². The maximum atomic E-state index is 12.3. The molecule has 2 nitrogen and oxygen atoms in total. The predicted molar refractivity (Wildman–Crippen MR) is 192 cm³/mol. The molecule has 0 spiro atoms. The van der Waals surface area contributed by atoms with Crippen LogP contribution in [0.25, 0.3) is 32.7 Å². The van der Waals surface area contributed by atoms with Crippen LogP contribution in [0.3, 0.4) is 0 Å². The first-order valence-corrected chi connectivity index (χ1v) is 17.0. The molecule has 0 atom stereocenters. The Morgan fingerprint density at radius 2 is 0.978 bits per heavy atom.